The molecule has 0 saturated carbocycles. The van der Waals surface area contributed by atoms with Crippen molar-refractivity contribution in [1.82, 2.24) is 4.98 Å². The minimum Gasteiger partial charge on any atom is -0.452 e. The number of fused-ring (bicyclic) bond motifs is 10. The third-order valence-electron chi connectivity index (χ3n) is 7.16. The zero-order chi connectivity index (χ0) is 23.6. The number of pyridine rings is 1. The van der Waals surface area contributed by atoms with Crippen molar-refractivity contribution in [2.75, 3.05) is 4.90 Å². The van der Waals surface area contributed by atoms with Gasteiger partial charge in [-0.25, -0.2) is 0 Å². The summed E-state index contributed by atoms with van der Waals surface area (Å²) in [6, 6.07) is 36.4. The standard InChI is InChI=1S/C32H20N2OS/c1-2-10-23-22(9-1)30-24-11-3-6-14-29(24)36-19-25(30)31-32(23)35-28-13-5-4-12-27(28)34(31)21-15-16-26-20(18-21)8-7-17-33-26/h1-18H,19H2. The van der Waals surface area contributed by atoms with E-state index < -0.39 is 0 Å². The van der Waals surface area contributed by atoms with E-state index in [1.807, 2.05) is 30.1 Å². The largest absolute Gasteiger partial charge is 0.452 e. The van der Waals surface area contributed by atoms with Crippen LogP contribution in [0.5, 0.6) is 11.5 Å². The molecule has 0 bridgehead atoms. The number of ether oxygens (including phenoxy) is 1. The van der Waals surface area contributed by atoms with Crippen molar-refractivity contribution in [2.45, 2.75) is 10.6 Å². The summed E-state index contributed by atoms with van der Waals surface area (Å²) in [5, 5.41) is 3.49. The number of nitrogens with zero attached hydrogens (tertiary/aromatic N) is 2. The maximum Gasteiger partial charge on any atom is 0.159 e. The van der Waals surface area contributed by atoms with Gasteiger partial charge in [-0.15, -0.1) is 11.8 Å². The van der Waals surface area contributed by atoms with E-state index in [1.165, 1.54) is 27.0 Å². The van der Waals surface area contributed by atoms with Gasteiger partial charge in [-0.05, 0) is 64.5 Å². The molecule has 0 radical (unpaired) electrons. The highest BCUT2D eigenvalue weighted by Gasteiger charge is 2.34. The van der Waals surface area contributed by atoms with E-state index in [-0.39, 0.29) is 0 Å². The lowest BCUT2D eigenvalue weighted by Gasteiger charge is -2.37. The molecule has 170 valence electrons. The Morgan fingerprint density at radius 3 is 2.58 bits per heavy atom. The highest BCUT2D eigenvalue weighted by Crippen LogP contribution is 2.59. The van der Waals surface area contributed by atoms with Crippen LogP contribution < -0.4 is 9.64 Å². The lowest BCUT2D eigenvalue weighted by atomic mass is 9.90. The summed E-state index contributed by atoms with van der Waals surface area (Å²) in [5.41, 5.74) is 8.20. The van der Waals surface area contributed by atoms with Crippen LogP contribution in [0, 0.1) is 0 Å². The molecule has 0 atom stereocenters. The van der Waals surface area contributed by atoms with Gasteiger partial charge in [-0.1, -0.05) is 60.7 Å². The van der Waals surface area contributed by atoms with Gasteiger partial charge in [-0.3, -0.25) is 4.98 Å². The van der Waals surface area contributed by atoms with Crippen molar-refractivity contribution in [3.8, 4) is 22.6 Å². The van der Waals surface area contributed by atoms with E-state index in [1.54, 1.807) is 0 Å². The van der Waals surface area contributed by atoms with Crippen molar-refractivity contribution in [3.05, 3.63) is 115 Å². The summed E-state index contributed by atoms with van der Waals surface area (Å²) in [5.74, 6) is 2.68. The van der Waals surface area contributed by atoms with Gasteiger partial charge in [0.1, 0.15) is 0 Å². The summed E-state index contributed by atoms with van der Waals surface area (Å²) in [6.45, 7) is 0. The van der Waals surface area contributed by atoms with Crippen LogP contribution in [-0.2, 0) is 5.75 Å². The van der Waals surface area contributed by atoms with Crippen LogP contribution >= 0.6 is 11.8 Å². The van der Waals surface area contributed by atoms with Crippen molar-refractivity contribution >= 4 is 50.5 Å². The Bertz CT molecular complexity index is 1840. The van der Waals surface area contributed by atoms with E-state index in [9.17, 15) is 0 Å². The lowest BCUT2D eigenvalue weighted by molar-refractivity contribution is 0.482. The first-order chi connectivity index (χ1) is 17.9. The summed E-state index contributed by atoms with van der Waals surface area (Å²) in [7, 11) is 0. The fourth-order valence-corrected chi connectivity index (χ4v) is 6.69. The fraction of sp³-hybridized carbons (Fsp3) is 0.0312. The molecule has 2 aliphatic heterocycles. The number of thioether (sulfide) groups is 1. The first-order valence-electron chi connectivity index (χ1n) is 12.1. The second-order valence-corrected chi connectivity index (χ2v) is 10.2. The van der Waals surface area contributed by atoms with Crippen LogP contribution in [0.3, 0.4) is 0 Å². The van der Waals surface area contributed by atoms with Gasteiger partial charge in [-0.2, -0.15) is 0 Å². The summed E-state index contributed by atoms with van der Waals surface area (Å²) in [6.07, 6.45) is 1.85. The average Bonchev–Trinajstić information content (AvgIpc) is 2.95. The maximum absolute atomic E-state index is 6.72. The lowest BCUT2D eigenvalue weighted by Crippen LogP contribution is -2.19. The molecular weight excluding hydrogens is 460 g/mol. The second kappa shape index (κ2) is 7.61. The van der Waals surface area contributed by atoms with Crippen LogP contribution in [0.15, 0.2) is 114 Å². The van der Waals surface area contributed by atoms with Crippen molar-refractivity contribution < 1.29 is 4.74 Å². The van der Waals surface area contributed by atoms with Crippen LogP contribution in [0.1, 0.15) is 5.56 Å². The molecule has 2 aliphatic rings. The molecule has 3 heterocycles. The fourth-order valence-electron chi connectivity index (χ4n) is 5.61. The summed E-state index contributed by atoms with van der Waals surface area (Å²) >= 11 is 1.90. The van der Waals surface area contributed by atoms with Gasteiger partial charge >= 0.3 is 0 Å². The number of anilines is 3. The van der Waals surface area contributed by atoms with Gasteiger partial charge in [0, 0.05) is 33.3 Å². The minimum atomic E-state index is 0.866. The highest BCUT2D eigenvalue weighted by atomic mass is 32.2. The average molecular weight is 481 g/mol. The number of hydrogen-bond donors (Lipinski definition) is 0. The predicted octanol–water partition coefficient (Wildman–Crippen LogP) is 9.24. The van der Waals surface area contributed by atoms with E-state index in [0.29, 0.717) is 0 Å². The monoisotopic (exact) mass is 480 g/mol. The van der Waals surface area contributed by atoms with E-state index >= 15 is 0 Å². The van der Waals surface area contributed by atoms with E-state index in [4.69, 9.17) is 4.74 Å². The molecule has 6 aromatic rings. The van der Waals surface area contributed by atoms with Gasteiger partial charge in [0.2, 0.25) is 0 Å². The van der Waals surface area contributed by atoms with Crippen molar-refractivity contribution in [3.63, 3.8) is 0 Å². The summed E-state index contributed by atoms with van der Waals surface area (Å²) in [4.78, 5) is 8.26. The molecule has 0 fully saturated rings. The number of aromatic nitrogens is 1. The third kappa shape index (κ3) is 2.79. The molecule has 0 saturated heterocycles. The van der Waals surface area contributed by atoms with Crippen LogP contribution in [0.25, 0.3) is 32.8 Å². The Morgan fingerprint density at radius 1 is 0.778 bits per heavy atom. The second-order valence-electron chi connectivity index (χ2n) is 9.15. The highest BCUT2D eigenvalue weighted by molar-refractivity contribution is 7.98. The zero-order valence-corrected chi connectivity index (χ0v) is 20.1. The van der Waals surface area contributed by atoms with Gasteiger partial charge < -0.3 is 9.64 Å². The molecule has 1 aromatic heterocycles. The molecule has 4 heteroatoms. The zero-order valence-electron chi connectivity index (χ0n) is 19.3. The van der Waals surface area contributed by atoms with Crippen molar-refractivity contribution in [2.24, 2.45) is 0 Å². The third-order valence-corrected chi connectivity index (χ3v) is 8.26. The normalized spacial score (nSPS) is 13.5. The minimum absolute atomic E-state index is 0.866. The molecule has 0 spiro atoms. The first kappa shape index (κ1) is 20.0. The Hall–Kier alpha value is -4.28. The van der Waals surface area contributed by atoms with E-state index in [0.717, 1.165) is 50.6 Å². The topological polar surface area (TPSA) is 25.4 Å². The molecule has 0 unspecified atom stereocenters. The van der Waals surface area contributed by atoms with E-state index in [2.05, 4.69) is 101 Å². The number of benzene rings is 5. The Kier molecular flexibility index (Phi) is 4.22. The van der Waals surface area contributed by atoms with Crippen LogP contribution in [-0.4, -0.2) is 4.98 Å². The molecule has 36 heavy (non-hydrogen) atoms. The van der Waals surface area contributed by atoms with Crippen LogP contribution in [0.4, 0.5) is 17.1 Å². The Balaban J connectivity index is 1.51. The van der Waals surface area contributed by atoms with Crippen LogP contribution in [0.2, 0.25) is 0 Å². The number of para-hydroxylation sites is 2. The SMILES string of the molecule is c1ccc2c(c1)Oc1c(c3c(c4ccccc14)-c1ccccc1SC3)N2c1ccc2ncccc2c1. The maximum atomic E-state index is 6.72. The quantitative estimate of drug-likeness (QED) is 0.234. The summed E-state index contributed by atoms with van der Waals surface area (Å²) < 4.78 is 6.72. The Morgan fingerprint density at radius 2 is 1.61 bits per heavy atom. The predicted molar refractivity (Wildman–Crippen MR) is 149 cm³/mol. The smallest absolute Gasteiger partial charge is 0.159 e. The molecule has 0 aliphatic carbocycles. The Labute approximate surface area is 213 Å². The molecule has 0 amide bonds. The number of hydrogen-bond acceptors (Lipinski definition) is 4. The van der Waals surface area contributed by atoms with Gasteiger partial charge in [0.25, 0.3) is 0 Å². The van der Waals surface area contributed by atoms with Crippen molar-refractivity contribution in [1.29, 1.82) is 0 Å². The molecule has 8 rings (SSSR count). The molecule has 5 aromatic carbocycles. The number of rotatable bonds is 1. The van der Waals surface area contributed by atoms with Gasteiger partial charge in [0.05, 0.1) is 16.9 Å². The molecule has 0 N–H and O–H groups in total. The first-order valence-corrected chi connectivity index (χ1v) is 13.1. The van der Waals surface area contributed by atoms with Gasteiger partial charge in [0.15, 0.2) is 11.5 Å². The molecular formula is C32H20N2OS. The molecule has 3 nitrogen and oxygen atoms in total.